The highest BCUT2D eigenvalue weighted by atomic mass is 16.2. The zero-order chi connectivity index (χ0) is 15.2. The van der Waals surface area contributed by atoms with Crippen LogP contribution in [0.15, 0.2) is 18.2 Å². The van der Waals surface area contributed by atoms with Crippen molar-refractivity contribution in [3.8, 4) is 11.8 Å². The lowest BCUT2D eigenvalue weighted by Gasteiger charge is -2.08. The van der Waals surface area contributed by atoms with Crippen LogP contribution in [0.25, 0.3) is 0 Å². The Morgan fingerprint density at radius 1 is 1.48 bits per heavy atom. The van der Waals surface area contributed by atoms with E-state index in [1.165, 1.54) is 12.8 Å². The molecular formula is C18H23NO2. The van der Waals surface area contributed by atoms with Crippen molar-refractivity contribution in [1.29, 1.82) is 0 Å². The Labute approximate surface area is 126 Å². The van der Waals surface area contributed by atoms with Crippen molar-refractivity contribution in [1.82, 2.24) is 5.32 Å². The Morgan fingerprint density at radius 2 is 2.29 bits per heavy atom. The Hall–Kier alpha value is -1.79. The predicted octanol–water partition coefficient (Wildman–Crippen LogP) is 2.65. The van der Waals surface area contributed by atoms with Crippen LogP contribution in [0.2, 0.25) is 0 Å². The van der Waals surface area contributed by atoms with E-state index in [4.69, 9.17) is 5.11 Å². The minimum absolute atomic E-state index is 0.0319. The lowest BCUT2D eigenvalue weighted by Crippen LogP contribution is -2.27. The van der Waals surface area contributed by atoms with Gasteiger partial charge in [-0.05, 0) is 37.8 Å². The van der Waals surface area contributed by atoms with Crippen LogP contribution in [0.5, 0.6) is 0 Å². The van der Waals surface area contributed by atoms with Crippen LogP contribution in [-0.2, 0) is 0 Å². The first-order valence-electron chi connectivity index (χ1n) is 7.67. The molecule has 3 heteroatoms. The largest absolute Gasteiger partial charge is 0.395 e. The molecule has 0 spiro atoms. The average Bonchev–Trinajstić information content (AvgIpc) is 3.19. The molecule has 0 heterocycles. The number of carbonyl (C=O) groups excluding carboxylic acids is 1. The molecule has 2 rings (SSSR count). The zero-order valence-corrected chi connectivity index (χ0v) is 12.8. The normalized spacial score (nSPS) is 19.6. The Bertz CT molecular complexity index is 568. The molecule has 2 atom stereocenters. The number of carbonyl (C=O) groups is 1. The first-order valence-corrected chi connectivity index (χ1v) is 7.67. The number of rotatable bonds is 5. The molecule has 1 aromatic rings. The highest BCUT2D eigenvalue weighted by Gasteiger charge is 2.37. The summed E-state index contributed by atoms with van der Waals surface area (Å²) in [7, 11) is 0. The lowest BCUT2D eigenvalue weighted by molar-refractivity contribution is 0.0948. The van der Waals surface area contributed by atoms with Gasteiger partial charge in [0.2, 0.25) is 0 Å². The van der Waals surface area contributed by atoms with Crippen molar-refractivity contribution in [2.45, 2.75) is 45.6 Å². The van der Waals surface area contributed by atoms with Crippen LogP contribution < -0.4 is 5.32 Å². The van der Waals surface area contributed by atoms with E-state index in [9.17, 15) is 4.79 Å². The summed E-state index contributed by atoms with van der Waals surface area (Å²) >= 11 is 0. The highest BCUT2D eigenvalue weighted by Crippen LogP contribution is 2.34. The van der Waals surface area contributed by atoms with Gasteiger partial charge in [-0.2, -0.15) is 0 Å². The third-order valence-electron chi connectivity index (χ3n) is 3.78. The average molecular weight is 285 g/mol. The third kappa shape index (κ3) is 4.34. The van der Waals surface area contributed by atoms with E-state index >= 15 is 0 Å². The SMILES string of the molecule is CCCC1CC1NC(=O)c1cc(C)ccc1C#CCCO. The second-order valence-electron chi connectivity index (χ2n) is 5.69. The minimum atomic E-state index is -0.0319. The van der Waals surface area contributed by atoms with Gasteiger partial charge in [0.15, 0.2) is 0 Å². The second-order valence-corrected chi connectivity index (χ2v) is 5.69. The van der Waals surface area contributed by atoms with Gasteiger partial charge in [-0.25, -0.2) is 0 Å². The molecule has 1 fully saturated rings. The Kier molecular flexibility index (Phi) is 5.41. The molecule has 0 aliphatic heterocycles. The summed E-state index contributed by atoms with van der Waals surface area (Å²) in [4.78, 5) is 12.4. The molecule has 2 N–H and O–H groups in total. The van der Waals surface area contributed by atoms with Gasteiger partial charge in [0.05, 0.1) is 12.2 Å². The molecular weight excluding hydrogens is 262 g/mol. The van der Waals surface area contributed by atoms with Crippen LogP contribution in [-0.4, -0.2) is 23.7 Å². The number of amides is 1. The monoisotopic (exact) mass is 285 g/mol. The van der Waals surface area contributed by atoms with E-state index in [2.05, 4.69) is 24.1 Å². The van der Waals surface area contributed by atoms with E-state index in [1.807, 2.05) is 25.1 Å². The van der Waals surface area contributed by atoms with Gasteiger partial charge in [-0.3, -0.25) is 4.79 Å². The molecule has 1 aromatic carbocycles. The summed E-state index contributed by atoms with van der Waals surface area (Å²) in [5, 5.41) is 11.9. The first kappa shape index (κ1) is 15.6. The first-order chi connectivity index (χ1) is 10.2. The van der Waals surface area contributed by atoms with Crippen molar-refractivity contribution >= 4 is 5.91 Å². The maximum absolute atomic E-state index is 12.4. The van der Waals surface area contributed by atoms with Crippen molar-refractivity contribution in [2.75, 3.05) is 6.61 Å². The van der Waals surface area contributed by atoms with Crippen LogP contribution in [0.3, 0.4) is 0 Å². The van der Waals surface area contributed by atoms with E-state index in [-0.39, 0.29) is 12.5 Å². The fraction of sp³-hybridized carbons (Fsp3) is 0.500. The van der Waals surface area contributed by atoms with Crippen molar-refractivity contribution in [3.05, 3.63) is 34.9 Å². The molecule has 0 radical (unpaired) electrons. The quantitative estimate of drug-likeness (QED) is 0.817. The number of aryl methyl sites for hydroxylation is 1. The number of nitrogens with one attached hydrogen (secondary N) is 1. The van der Waals surface area contributed by atoms with Crippen LogP contribution in [0.1, 0.15) is 54.1 Å². The van der Waals surface area contributed by atoms with Crippen LogP contribution in [0.4, 0.5) is 0 Å². The van der Waals surface area contributed by atoms with E-state index < -0.39 is 0 Å². The highest BCUT2D eigenvalue weighted by molar-refractivity contribution is 5.97. The smallest absolute Gasteiger partial charge is 0.252 e. The van der Waals surface area contributed by atoms with E-state index in [1.54, 1.807) is 0 Å². The predicted molar refractivity (Wildman–Crippen MR) is 84.0 cm³/mol. The number of hydrogen-bond donors (Lipinski definition) is 2. The lowest BCUT2D eigenvalue weighted by atomic mass is 10.0. The summed E-state index contributed by atoms with van der Waals surface area (Å²) < 4.78 is 0. The van der Waals surface area contributed by atoms with Gasteiger partial charge >= 0.3 is 0 Å². The van der Waals surface area contributed by atoms with E-state index in [0.717, 1.165) is 17.5 Å². The van der Waals surface area contributed by atoms with Crippen molar-refractivity contribution in [3.63, 3.8) is 0 Å². The molecule has 3 nitrogen and oxygen atoms in total. The van der Waals surface area contributed by atoms with Gasteiger partial charge in [-0.15, -0.1) is 0 Å². The molecule has 2 unspecified atom stereocenters. The third-order valence-corrected chi connectivity index (χ3v) is 3.78. The van der Waals surface area contributed by atoms with Crippen molar-refractivity contribution in [2.24, 2.45) is 5.92 Å². The topological polar surface area (TPSA) is 49.3 Å². The number of aliphatic hydroxyl groups excluding tert-OH is 1. The minimum Gasteiger partial charge on any atom is -0.395 e. The van der Waals surface area contributed by atoms with Gasteiger partial charge in [-0.1, -0.05) is 36.8 Å². The summed E-state index contributed by atoms with van der Waals surface area (Å²) in [5.74, 6) is 6.48. The molecule has 1 amide bonds. The fourth-order valence-corrected chi connectivity index (χ4v) is 2.53. The Balaban J connectivity index is 2.09. The molecule has 112 valence electrons. The Morgan fingerprint density at radius 3 is 3.00 bits per heavy atom. The summed E-state index contributed by atoms with van der Waals surface area (Å²) in [6.45, 7) is 4.19. The fourth-order valence-electron chi connectivity index (χ4n) is 2.53. The molecule has 0 saturated heterocycles. The maximum atomic E-state index is 12.4. The van der Waals surface area contributed by atoms with Crippen LogP contribution >= 0.6 is 0 Å². The molecule has 1 aliphatic carbocycles. The van der Waals surface area contributed by atoms with Crippen molar-refractivity contribution < 1.29 is 9.90 Å². The molecule has 21 heavy (non-hydrogen) atoms. The van der Waals surface area contributed by atoms with Gasteiger partial charge in [0.25, 0.3) is 5.91 Å². The van der Waals surface area contributed by atoms with E-state index in [0.29, 0.717) is 23.9 Å². The standard InChI is InChI=1S/C18H23NO2/c1-3-6-15-12-17(15)19-18(21)16-11-13(2)8-9-14(16)7-4-5-10-20/h8-9,11,15,17,20H,3,5-6,10,12H2,1-2H3,(H,19,21). The molecule has 1 saturated carbocycles. The summed E-state index contributed by atoms with van der Waals surface area (Å²) in [6.07, 6.45) is 3.87. The number of hydrogen-bond acceptors (Lipinski definition) is 2. The number of benzene rings is 1. The molecule has 1 aliphatic rings. The van der Waals surface area contributed by atoms with Gasteiger partial charge < -0.3 is 10.4 Å². The van der Waals surface area contributed by atoms with Crippen LogP contribution in [0, 0.1) is 24.7 Å². The second kappa shape index (κ2) is 7.28. The summed E-state index contributed by atoms with van der Waals surface area (Å²) in [6, 6.07) is 6.05. The molecule has 0 bridgehead atoms. The molecule has 0 aromatic heterocycles. The maximum Gasteiger partial charge on any atom is 0.252 e. The van der Waals surface area contributed by atoms with Gasteiger partial charge in [0.1, 0.15) is 0 Å². The number of aliphatic hydroxyl groups is 1. The summed E-state index contributed by atoms with van der Waals surface area (Å²) in [5.41, 5.74) is 2.43. The zero-order valence-electron chi connectivity index (χ0n) is 12.8. The van der Waals surface area contributed by atoms with Gasteiger partial charge in [0, 0.05) is 18.0 Å².